The van der Waals surface area contributed by atoms with Crippen molar-refractivity contribution in [3.05, 3.63) is 179 Å². The molecule has 0 saturated carbocycles. The van der Waals surface area contributed by atoms with Gasteiger partial charge in [0.1, 0.15) is 11.6 Å². The van der Waals surface area contributed by atoms with Crippen molar-refractivity contribution in [3.63, 3.8) is 0 Å². The summed E-state index contributed by atoms with van der Waals surface area (Å²) in [5, 5.41) is 0. The molecule has 0 unspecified atom stereocenters. The number of hydrogen-bond acceptors (Lipinski definition) is 6. The van der Waals surface area contributed by atoms with Crippen molar-refractivity contribution >= 4 is 0 Å². The third kappa shape index (κ3) is 22.6. The molecule has 0 amide bonds. The summed E-state index contributed by atoms with van der Waals surface area (Å²) in [7, 11) is 0. The SMILES string of the molecule is CC(C)(C)c1cc([18F])ccn1.CC(C)(C)c1ccc([18F])nc1.CC(C)(C)c1cccc([18F])n1.CC(C)(C)c1cccnc1[18F].CC(C)(C)c1ccnc([18F])c1.CC(C)(C)c1cnccc1[18F]. The first kappa shape index (κ1) is 58.5. The maximum Gasteiger partial charge on any atom is 0.216 e. The zero-order valence-electron chi connectivity index (χ0n) is 42.3. The highest BCUT2D eigenvalue weighted by Gasteiger charge is 2.20. The molecule has 0 saturated heterocycles. The van der Waals surface area contributed by atoms with Crippen molar-refractivity contribution < 1.29 is 26.3 Å². The number of pyridine rings is 6. The smallest absolute Gasteiger partial charge is 0.216 e. The molecule has 6 nitrogen and oxygen atoms in total. The van der Waals surface area contributed by atoms with Crippen LogP contribution in [0.2, 0.25) is 0 Å². The highest BCUT2D eigenvalue weighted by atomic mass is 18.2. The van der Waals surface area contributed by atoms with E-state index in [4.69, 9.17) is 0 Å². The van der Waals surface area contributed by atoms with Crippen LogP contribution in [0.15, 0.2) is 110 Å². The molecule has 0 aliphatic heterocycles. The lowest BCUT2D eigenvalue weighted by atomic mass is 9.88. The minimum Gasteiger partial charge on any atom is -0.264 e. The van der Waals surface area contributed by atoms with Crippen LogP contribution in [-0.2, 0) is 32.5 Å². The second-order valence-corrected chi connectivity index (χ2v) is 21.6. The maximum absolute atomic E-state index is 13.0. The molecule has 12 heteroatoms. The van der Waals surface area contributed by atoms with Crippen LogP contribution in [0.5, 0.6) is 0 Å². The molecule has 6 heterocycles. The minimum absolute atomic E-state index is 0.00375. The van der Waals surface area contributed by atoms with Gasteiger partial charge in [0.15, 0.2) is 0 Å². The third-order valence-corrected chi connectivity index (χ3v) is 9.30. The van der Waals surface area contributed by atoms with Crippen molar-refractivity contribution in [1.82, 2.24) is 29.9 Å². The predicted molar refractivity (Wildman–Crippen MR) is 257 cm³/mol. The van der Waals surface area contributed by atoms with Gasteiger partial charge >= 0.3 is 0 Å². The standard InChI is InChI=1S/6C9H12FN/c1-9(2,3)7-6-11-5-4-8(7)10;1-9(2,3)8-6-7(10)4-5-11-8;1-9(2,3)7-4-5-11-8(10)6-7;1-9(2,3)7-4-5-8(10)11-6-7;1-9(2,3)7-5-4-6-11-8(7)10;1-9(2,3)7-5-4-6-8(10)11-7/h6*4-6H,1-3H3/i6*10-1. The van der Waals surface area contributed by atoms with Crippen LogP contribution in [0.4, 0.5) is 26.3 Å². The van der Waals surface area contributed by atoms with Crippen LogP contribution in [0.25, 0.3) is 0 Å². The first-order valence-corrected chi connectivity index (χ1v) is 21.7. The zero-order chi connectivity index (χ0) is 50.9. The fourth-order valence-corrected chi connectivity index (χ4v) is 5.20. The summed E-state index contributed by atoms with van der Waals surface area (Å²) in [5.41, 5.74) is 4.56. The largest absolute Gasteiger partial charge is 0.264 e. The Kier molecular flexibility index (Phi) is 22.0. The fraction of sp³-hybridized carbons (Fsp3) is 0.444. The molecule has 6 rings (SSSR count). The Hall–Kier alpha value is -5.52. The van der Waals surface area contributed by atoms with Gasteiger partial charge in [0.25, 0.3) is 0 Å². The van der Waals surface area contributed by atoms with Crippen LogP contribution in [0.3, 0.4) is 0 Å². The summed E-state index contributed by atoms with van der Waals surface area (Å²) in [6.07, 6.45) is 9.08. The van der Waals surface area contributed by atoms with E-state index in [9.17, 15) is 26.3 Å². The molecule has 360 valence electrons. The Morgan fingerprint density at radius 1 is 0.364 bits per heavy atom. The molecule has 0 fully saturated rings. The zero-order valence-corrected chi connectivity index (χ0v) is 42.3. The van der Waals surface area contributed by atoms with Crippen molar-refractivity contribution in [1.29, 1.82) is 0 Å². The first-order chi connectivity index (χ1) is 30.0. The van der Waals surface area contributed by atoms with E-state index in [0.717, 1.165) is 22.5 Å². The monoisotopic (exact) mass is 913 g/mol. The Morgan fingerprint density at radius 3 is 1.30 bits per heavy atom. The molecule has 0 bridgehead atoms. The molecule has 0 aliphatic carbocycles. The Labute approximate surface area is 391 Å². The van der Waals surface area contributed by atoms with Gasteiger partial charge in [-0.3, -0.25) is 9.97 Å². The van der Waals surface area contributed by atoms with Crippen molar-refractivity contribution in [2.45, 2.75) is 157 Å². The van der Waals surface area contributed by atoms with E-state index in [1.165, 1.54) is 61.2 Å². The summed E-state index contributed by atoms with van der Waals surface area (Å²) in [5.74, 6) is -1.98. The Balaban J connectivity index is 0.000000396. The summed E-state index contributed by atoms with van der Waals surface area (Å²) >= 11 is 0. The Morgan fingerprint density at radius 2 is 0.939 bits per heavy atom. The molecule has 6 aromatic rings. The normalized spacial score (nSPS) is 11.6. The number of nitrogens with zero attached hydrogens (tertiary/aromatic N) is 6. The van der Waals surface area contributed by atoms with Gasteiger partial charge in [0.2, 0.25) is 23.8 Å². The topological polar surface area (TPSA) is 77.3 Å². The molecule has 66 heavy (non-hydrogen) atoms. The highest BCUT2D eigenvalue weighted by molar-refractivity contribution is 5.22. The van der Waals surface area contributed by atoms with Crippen molar-refractivity contribution in [2.75, 3.05) is 0 Å². The summed E-state index contributed by atoms with van der Waals surface area (Å²) < 4.78 is 76.2. The van der Waals surface area contributed by atoms with Gasteiger partial charge in [-0.1, -0.05) is 143 Å². The van der Waals surface area contributed by atoms with Gasteiger partial charge in [0.05, 0.1) is 0 Å². The predicted octanol–water partition coefficient (Wildman–Crippen LogP) is 15.1. The van der Waals surface area contributed by atoms with E-state index in [1.54, 1.807) is 36.7 Å². The molecule has 0 atom stereocenters. The van der Waals surface area contributed by atoms with Gasteiger partial charge in [-0.25, -0.2) is 28.7 Å². The number of halogens is 6. The average molecular weight is 913 g/mol. The molecule has 6 aromatic heterocycles. The van der Waals surface area contributed by atoms with Gasteiger partial charge in [0, 0.05) is 70.5 Å². The summed E-state index contributed by atoms with van der Waals surface area (Å²) in [6, 6.07) is 19.1. The molecular formula is C54H72F6N6. The van der Waals surface area contributed by atoms with Crippen LogP contribution < -0.4 is 0 Å². The molecule has 0 spiro atoms. The second-order valence-electron chi connectivity index (χ2n) is 21.6. The quantitative estimate of drug-likeness (QED) is 0.112. The van der Waals surface area contributed by atoms with E-state index >= 15 is 0 Å². The van der Waals surface area contributed by atoms with Gasteiger partial charge in [-0.15, -0.1) is 0 Å². The van der Waals surface area contributed by atoms with E-state index in [1.807, 2.05) is 116 Å². The van der Waals surface area contributed by atoms with E-state index in [0.29, 0.717) is 11.1 Å². The molecule has 0 aromatic carbocycles. The van der Waals surface area contributed by atoms with Gasteiger partial charge < -0.3 is 0 Å². The number of rotatable bonds is 0. The summed E-state index contributed by atoms with van der Waals surface area (Å²) in [6.45, 7) is 36.2. The number of aromatic nitrogens is 6. The van der Waals surface area contributed by atoms with Crippen molar-refractivity contribution in [2.24, 2.45) is 0 Å². The lowest BCUT2D eigenvalue weighted by molar-refractivity contribution is 0.499. The third-order valence-electron chi connectivity index (χ3n) is 9.30. The second kappa shape index (κ2) is 24.8. The minimum atomic E-state index is -0.419. The van der Waals surface area contributed by atoms with Crippen LogP contribution in [0, 0.1) is 35.4 Å². The number of hydrogen-bond donors (Lipinski definition) is 0. The van der Waals surface area contributed by atoms with E-state index in [2.05, 4.69) is 50.7 Å². The summed E-state index contributed by atoms with van der Waals surface area (Å²) in [4.78, 5) is 22.4. The van der Waals surface area contributed by atoms with E-state index in [-0.39, 0.29) is 50.1 Å². The lowest BCUT2D eigenvalue weighted by Gasteiger charge is -2.18. The van der Waals surface area contributed by atoms with E-state index < -0.39 is 17.8 Å². The van der Waals surface area contributed by atoms with Gasteiger partial charge in [-0.05, 0) is 87.4 Å². The highest BCUT2D eigenvalue weighted by Crippen LogP contribution is 2.25. The van der Waals surface area contributed by atoms with Crippen molar-refractivity contribution in [3.8, 4) is 0 Å². The average Bonchev–Trinajstić information content (AvgIpc) is 3.18. The first-order valence-electron chi connectivity index (χ1n) is 21.7. The fourth-order valence-electron chi connectivity index (χ4n) is 5.20. The lowest BCUT2D eigenvalue weighted by Crippen LogP contribution is -2.14. The van der Waals surface area contributed by atoms with Crippen LogP contribution in [0.1, 0.15) is 158 Å². The van der Waals surface area contributed by atoms with Gasteiger partial charge in [-0.2, -0.15) is 17.6 Å². The molecular weight excluding hydrogens is 841 g/mol. The maximum atomic E-state index is 13.0. The molecule has 0 radical (unpaired) electrons. The van der Waals surface area contributed by atoms with Crippen LogP contribution >= 0.6 is 0 Å². The molecule has 0 N–H and O–H groups in total. The van der Waals surface area contributed by atoms with Crippen LogP contribution in [-0.4, -0.2) is 29.9 Å². The Bertz CT molecular complexity index is 2160. The molecule has 0 aliphatic rings.